The Balaban J connectivity index is 2.29. The Hall–Kier alpha value is -1.94. The molecule has 8 nitrogen and oxygen atoms in total. The molecule has 266 valence electrons. The van der Waals surface area contributed by atoms with E-state index in [0.29, 0.717) is 0 Å². The molecule has 0 fully saturated rings. The van der Waals surface area contributed by atoms with Gasteiger partial charge < -0.3 is 18.9 Å². The summed E-state index contributed by atoms with van der Waals surface area (Å²) in [5.74, 6) is -6.48. The van der Waals surface area contributed by atoms with E-state index in [9.17, 15) is 19.2 Å². The second kappa shape index (κ2) is 17.8. The Morgan fingerprint density at radius 1 is 0.583 bits per heavy atom. The first-order valence-electron chi connectivity index (χ1n) is 15.2. The molecule has 0 bridgehead atoms. The third kappa shape index (κ3) is 12.7. The first-order chi connectivity index (χ1) is 22.0. The molecule has 0 aliphatic carbocycles. The normalized spacial score (nSPS) is 13.0. The van der Waals surface area contributed by atoms with Gasteiger partial charge in [-0.1, -0.05) is 125 Å². The summed E-state index contributed by atoms with van der Waals surface area (Å²) in [6, 6.07) is 2.24. The van der Waals surface area contributed by atoms with Gasteiger partial charge in [-0.05, 0) is 60.5 Å². The molecule has 2 rings (SSSR count). The number of carbonyl (C=O) groups is 4. The number of rotatable bonds is 12. The highest BCUT2D eigenvalue weighted by Crippen LogP contribution is 2.42. The first kappa shape index (κ1) is 42.2. The molecule has 0 radical (unpaired) electrons. The molecule has 0 aliphatic heterocycles. The summed E-state index contributed by atoms with van der Waals surface area (Å²) in [4.78, 5) is 52.3. The van der Waals surface area contributed by atoms with Crippen molar-refractivity contribution in [2.24, 2.45) is 22.7 Å². The maximum atomic E-state index is 13.1. The molecule has 0 spiro atoms. The molecular formula is C34H40Cl6O8. The van der Waals surface area contributed by atoms with Crippen LogP contribution in [0.3, 0.4) is 0 Å². The van der Waals surface area contributed by atoms with E-state index in [2.05, 4.69) is 41.5 Å². The summed E-state index contributed by atoms with van der Waals surface area (Å²) in [5.41, 5.74) is -0.775. The zero-order valence-corrected chi connectivity index (χ0v) is 32.6. The predicted molar refractivity (Wildman–Crippen MR) is 190 cm³/mol. The van der Waals surface area contributed by atoms with Gasteiger partial charge in [0.2, 0.25) is 0 Å². The van der Waals surface area contributed by atoms with Crippen LogP contribution in [0, 0.1) is 22.7 Å². The van der Waals surface area contributed by atoms with Crippen LogP contribution in [0.15, 0.2) is 12.1 Å². The average molecular weight is 789 g/mol. The number of hydrogen-bond donors (Lipinski definition) is 0. The van der Waals surface area contributed by atoms with Gasteiger partial charge in [0.05, 0.1) is 43.3 Å². The summed E-state index contributed by atoms with van der Waals surface area (Å²) < 4.78 is 21.2. The molecule has 0 heterocycles. The van der Waals surface area contributed by atoms with E-state index in [1.54, 1.807) is 0 Å². The third-order valence-electron chi connectivity index (χ3n) is 6.99. The topological polar surface area (TPSA) is 105 Å². The lowest BCUT2D eigenvalue weighted by Gasteiger charge is -2.21. The van der Waals surface area contributed by atoms with Crippen molar-refractivity contribution in [2.45, 2.75) is 81.1 Å². The second-order valence-corrected chi connectivity index (χ2v) is 16.5. The van der Waals surface area contributed by atoms with E-state index in [4.69, 9.17) is 88.6 Å². The zero-order valence-electron chi connectivity index (χ0n) is 28.1. The fourth-order valence-corrected chi connectivity index (χ4v) is 5.53. The smallest absolute Gasteiger partial charge is 0.423 e. The van der Waals surface area contributed by atoms with Crippen LogP contribution in [0.5, 0.6) is 11.5 Å². The van der Waals surface area contributed by atoms with Gasteiger partial charge in [0.25, 0.3) is 0 Å². The van der Waals surface area contributed by atoms with Crippen LogP contribution in [0.25, 0.3) is 0 Å². The lowest BCUT2D eigenvalue weighted by atomic mass is 9.87. The Bertz CT molecular complexity index is 1410. The van der Waals surface area contributed by atoms with Crippen molar-refractivity contribution in [1.29, 1.82) is 0 Å². The molecule has 48 heavy (non-hydrogen) atoms. The second-order valence-electron chi connectivity index (χ2n) is 14.1. The van der Waals surface area contributed by atoms with Crippen LogP contribution in [0.4, 0.5) is 0 Å². The minimum atomic E-state index is -1.65. The third-order valence-corrected chi connectivity index (χ3v) is 9.13. The van der Waals surface area contributed by atoms with Gasteiger partial charge in [-0.25, -0.2) is 19.2 Å². The molecule has 0 aliphatic rings. The molecule has 0 aromatic heterocycles. The largest absolute Gasteiger partial charge is 0.462 e. The first-order valence-corrected chi connectivity index (χ1v) is 17.4. The Morgan fingerprint density at radius 2 is 0.896 bits per heavy atom. The number of carbonyl (C=O) groups excluding carboxylic acids is 4. The maximum absolute atomic E-state index is 13.1. The number of benzene rings is 2. The molecule has 0 saturated heterocycles. The molecule has 14 heteroatoms. The highest BCUT2D eigenvalue weighted by atomic mass is 35.5. The summed E-state index contributed by atoms with van der Waals surface area (Å²) in [6.07, 6.45) is 3.33. The van der Waals surface area contributed by atoms with Crippen LogP contribution in [0.2, 0.25) is 30.1 Å². The van der Waals surface area contributed by atoms with Crippen LogP contribution < -0.4 is 9.47 Å². The lowest BCUT2D eigenvalue weighted by Crippen LogP contribution is -2.27. The van der Waals surface area contributed by atoms with E-state index in [1.807, 2.05) is 13.8 Å². The zero-order chi connectivity index (χ0) is 36.7. The van der Waals surface area contributed by atoms with Gasteiger partial charge >= 0.3 is 23.9 Å². The lowest BCUT2D eigenvalue weighted by molar-refractivity contribution is -0.156. The predicted octanol–water partition coefficient (Wildman–Crippen LogP) is 11.4. The molecule has 2 aromatic rings. The molecule has 2 aromatic carbocycles. The van der Waals surface area contributed by atoms with Gasteiger partial charge in [-0.2, -0.15) is 0 Å². The van der Waals surface area contributed by atoms with Crippen LogP contribution in [-0.4, -0.2) is 37.1 Å². The van der Waals surface area contributed by atoms with Gasteiger partial charge in [-0.3, -0.25) is 0 Å². The van der Waals surface area contributed by atoms with E-state index in [1.165, 1.54) is 0 Å². The number of ether oxygens (including phenoxy) is 4. The highest BCUT2D eigenvalue weighted by molar-refractivity contribution is 6.47. The minimum absolute atomic E-state index is 0.00822. The highest BCUT2D eigenvalue weighted by Gasteiger charge is 2.32. The van der Waals surface area contributed by atoms with Crippen molar-refractivity contribution >= 4 is 93.5 Å². The van der Waals surface area contributed by atoms with E-state index in [0.717, 1.165) is 37.8 Å². The quantitative estimate of drug-likeness (QED) is 0.0906. The number of halogens is 6. The number of esters is 4. The summed E-state index contributed by atoms with van der Waals surface area (Å²) in [7, 11) is 0. The van der Waals surface area contributed by atoms with E-state index in [-0.39, 0.29) is 66.0 Å². The summed E-state index contributed by atoms with van der Waals surface area (Å²) in [6.45, 7) is 16.5. The van der Waals surface area contributed by atoms with Crippen molar-refractivity contribution < 1.29 is 38.1 Å². The fourth-order valence-electron chi connectivity index (χ4n) is 4.10. The number of hydrogen-bond acceptors (Lipinski definition) is 8. The van der Waals surface area contributed by atoms with Gasteiger partial charge in [0, 0.05) is 0 Å². The average Bonchev–Trinajstić information content (AvgIpc) is 2.97. The van der Waals surface area contributed by atoms with Gasteiger partial charge in [-0.15, -0.1) is 0 Å². The summed E-state index contributed by atoms with van der Waals surface area (Å²) >= 11 is 37.4. The molecule has 2 atom stereocenters. The standard InChI is InChI=1S/C34H40Cl6O8/c1-17(9-11-33(3,4)5)15-45-29(41)23-25(39)19(35)13-21(37)27(23)47-31(43)32(44)48-28-22(38)14-20(36)26(40)24(28)30(42)46-16-18(2)10-12-34(6,7)8/h13-14,17-18H,9-12,15-16H2,1-8H3. The van der Waals surface area contributed by atoms with E-state index >= 15 is 0 Å². The fraction of sp³-hybridized carbons (Fsp3) is 0.529. The van der Waals surface area contributed by atoms with Crippen molar-refractivity contribution in [3.63, 3.8) is 0 Å². The molecular weight excluding hydrogens is 749 g/mol. The van der Waals surface area contributed by atoms with Crippen molar-refractivity contribution in [3.05, 3.63) is 53.4 Å². The SMILES string of the molecule is CC(CCC(C)(C)C)COC(=O)c1c(Cl)c(Cl)cc(Cl)c1OC(=O)C(=O)Oc1c(Cl)cc(Cl)c(Cl)c1C(=O)OCC(C)CCC(C)(C)C. The maximum Gasteiger partial charge on any atom is 0.423 e. The van der Waals surface area contributed by atoms with Crippen LogP contribution in [0.1, 0.15) is 102 Å². The van der Waals surface area contributed by atoms with Crippen molar-refractivity contribution in [3.8, 4) is 11.5 Å². The van der Waals surface area contributed by atoms with E-state index < -0.39 is 46.5 Å². The molecule has 0 amide bonds. The van der Waals surface area contributed by atoms with Crippen LogP contribution in [-0.2, 0) is 19.1 Å². The monoisotopic (exact) mass is 786 g/mol. The van der Waals surface area contributed by atoms with Crippen LogP contribution >= 0.6 is 69.6 Å². The Kier molecular flexibility index (Phi) is 15.7. The molecule has 2 unspecified atom stereocenters. The molecule has 0 saturated carbocycles. The van der Waals surface area contributed by atoms with Crippen molar-refractivity contribution in [1.82, 2.24) is 0 Å². The van der Waals surface area contributed by atoms with Gasteiger partial charge in [0.15, 0.2) is 11.5 Å². The minimum Gasteiger partial charge on any atom is -0.462 e. The Labute approximate surface area is 311 Å². The van der Waals surface area contributed by atoms with Gasteiger partial charge in [0.1, 0.15) is 11.1 Å². The van der Waals surface area contributed by atoms with Crippen molar-refractivity contribution in [2.75, 3.05) is 13.2 Å². The molecule has 0 N–H and O–H groups in total. The Morgan fingerprint density at radius 3 is 1.19 bits per heavy atom. The summed E-state index contributed by atoms with van der Waals surface area (Å²) in [5, 5.41) is -1.55.